The van der Waals surface area contributed by atoms with Crippen molar-refractivity contribution in [3.8, 4) is 0 Å². The minimum atomic E-state index is -3.57. The number of hydrogen-bond donors (Lipinski definition) is 0. The molecule has 1 atom stereocenters. The van der Waals surface area contributed by atoms with E-state index in [0.29, 0.717) is 6.54 Å². The van der Waals surface area contributed by atoms with Gasteiger partial charge in [-0.1, -0.05) is 18.0 Å². The smallest absolute Gasteiger partial charge is 0.207 e. The molecule has 18 heavy (non-hydrogen) atoms. The fraction of sp³-hybridized carbons (Fsp3) is 0.500. The fourth-order valence-electron chi connectivity index (χ4n) is 2.20. The van der Waals surface area contributed by atoms with Gasteiger partial charge in [0.05, 0.1) is 9.92 Å². The Morgan fingerprint density at radius 2 is 2.11 bits per heavy atom. The van der Waals surface area contributed by atoms with Gasteiger partial charge in [-0.2, -0.15) is 4.31 Å². The molecule has 1 aliphatic heterocycles. The van der Waals surface area contributed by atoms with Gasteiger partial charge in [-0.15, -0.1) is 0 Å². The first kappa shape index (κ1) is 13.8. The third kappa shape index (κ3) is 2.53. The summed E-state index contributed by atoms with van der Waals surface area (Å²) in [5.41, 5.74) is 0. The topological polar surface area (TPSA) is 37.4 Å². The van der Waals surface area contributed by atoms with Gasteiger partial charge in [-0.05, 0) is 38.0 Å². The Kier molecular flexibility index (Phi) is 3.94. The number of piperidine rings is 1. The molecule has 1 aromatic rings. The van der Waals surface area contributed by atoms with Crippen molar-refractivity contribution < 1.29 is 12.8 Å². The maximum atomic E-state index is 13.1. The van der Waals surface area contributed by atoms with Crippen molar-refractivity contribution in [1.82, 2.24) is 4.31 Å². The number of hydrogen-bond acceptors (Lipinski definition) is 2. The van der Waals surface area contributed by atoms with Crippen LogP contribution in [0.1, 0.15) is 26.2 Å². The molecule has 1 unspecified atom stereocenters. The van der Waals surface area contributed by atoms with Crippen molar-refractivity contribution in [3.05, 3.63) is 29.0 Å². The molecular formula is C12H15ClFNO2S. The average molecular weight is 292 g/mol. The molecule has 1 aliphatic rings. The van der Waals surface area contributed by atoms with Gasteiger partial charge in [-0.25, -0.2) is 12.8 Å². The van der Waals surface area contributed by atoms with Gasteiger partial charge >= 0.3 is 0 Å². The van der Waals surface area contributed by atoms with Crippen LogP contribution in [0.5, 0.6) is 0 Å². The molecule has 1 aromatic carbocycles. The highest BCUT2D eigenvalue weighted by Gasteiger charge is 2.31. The van der Waals surface area contributed by atoms with Crippen LogP contribution >= 0.6 is 11.6 Å². The number of nitrogens with zero attached hydrogens (tertiary/aromatic N) is 1. The van der Waals surface area contributed by atoms with Crippen molar-refractivity contribution in [3.63, 3.8) is 0 Å². The van der Waals surface area contributed by atoms with Gasteiger partial charge in [0.2, 0.25) is 10.0 Å². The van der Waals surface area contributed by atoms with E-state index in [2.05, 4.69) is 0 Å². The van der Waals surface area contributed by atoms with Crippen LogP contribution in [0, 0.1) is 5.82 Å². The molecule has 1 fully saturated rings. The van der Waals surface area contributed by atoms with Gasteiger partial charge < -0.3 is 0 Å². The molecule has 0 radical (unpaired) electrons. The van der Waals surface area contributed by atoms with Crippen LogP contribution in [-0.4, -0.2) is 25.3 Å². The molecule has 2 rings (SSSR count). The van der Waals surface area contributed by atoms with Crippen LogP contribution in [0.3, 0.4) is 0 Å². The summed E-state index contributed by atoms with van der Waals surface area (Å²) in [7, 11) is -3.57. The number of rotatable bonds is 2. The van der Waals surface area contributed by atoms with Gasteiger partial charge in [0.1, 0.15) is 5.82 Å². The van der Waals surface area contributed by atoms with Crippen molar-refractivity contribution in [2.45, 2.75) is 37.1 Å². The zero-order valence-corrected chi connectivity index (χ0v) is 11.6. The summed E-state index contributed by atoms with van der Waals surface area (Å²) in [6.07, 6.45) is 2.75. The Morgan fingerprint density at radius 3 is 2.72 bits per heavy atom. The Hall–Kier alpha value is -0.650. The molecule has 0 bridgehead atoms. The third-order valence-corrected chi connectivity index (χ3v) is 5.54. The molecule has 0 aromatic heterocycles. The Morgan fingerprint density at radius 1 is 1.39 bits per heavy atom. The summed E-state index contributed by atoms with van der Waals surface area (Å²) in [5.74, 6) is -0.609. The molecule has 0 aliphatic carbocycles. The van der Waals surface area contributed by atoms with Crippen LogP contribution in [0.2, 0.25) is 5.02 Å². The summed E-state index contributed by atoms with van der Waals surface area (Å²) in [6, 6.07) is 3.50. The van der Waals surface area contributed by atoms with Crippen LogP contribution in [-0.2, 0) is 10.0 Å². The average Bonchev–Trinajstić information content (AvgIpc) is 2.33. The summed E-state index contributed by atoms with van der Waals surface area (Å²) < 4.78 is 39.3. The molecule has 0 amide bonds. The molecule has 1 heterocycles. The van der Waals surface area contributed by atoms with Gasteiger partial charge in [0, 0.05) is 12.6 Å². The number of benzene rings is 1. The monoisotopic (exact) mass is 291 g/mol. The molecular weight excluding hydrogens is 277 g/mol. The third-order valence-electron chi connectivity index (χ3n) is 3.24. The molecule has 1 saturated heterocycles. The van der Waals surface area contributed by atoms with E-state index >= 15 is 0 Å². The highest BCUT2D eigenvalue weighted by molar-refractivity contribution is 7.89. The van der Waals surface area contributed by atoms with E-state index in [1.165, 1.54) is 16.4 Å². The highest BCUT2D eigenvalue weighted by Crippen LogP contribution is 2.27. The lowest BCUT2D eigenvalue weighted by Crippen LogP contribution is -2.41. The van der Waals surface area contributed by atoms with Crippen molar-refractivity contribution in [2.75, 3.05) is 6.54 Å². The molecule has 0 spiro atoms. The van der Waals surface area contributed by atoms with Crippen molar-refractivity contribution in [1.29, 1.82) is 0 Å². The van der Waals surface area contributed by atoms with E-state index in [9.17, 15) is 12.8 Å². The second-order valence-electron chi connectivity index (χ2n) is 4.54. The van der Waals surface area contributed by atoms with E-state index < -0.39 is 15.8 Å². The number of sulfonamides is 1. The molecule has 3 nitrogen and oxygen atoms in total. The van der Waals surface area contributed by atoms with Crippen molar-refractivity contribution >= 4 is 21.6 Å². The lowest BCUT2D eigenvalue weighted by Gasteiger charge is -2.32. The Balaban J connectivity index is 2.37. The second-order valence-corrected chi connectivity index (χ2v) is 6.83. The summed E-state index contributed by atoms with van der Waals surface area (Å²) in [6.45, 7) is 2.40. The maximum Gasteiger partial charge on any atom is 0.243 e. The van der Waals surface area contributed by atoms with Crippen LogP contribution < -0.4 is 0 Å². The predicted molar refractivity (Wildman–Crippen MR) is 68.6 cm³/mol. The van der Waals surface area contributed by atoms with Gasteiger partial charge in [0.25, 0.3) is 0 Å². The minimum Gasteiger partial charge on any atom is -0.207 e. The molecule has 0 N–H and O–H groups in total. The van der Waals surface area contributed by atoms with Crippen molar-refractivity contribution in [2.24, 2.45) is 0 Å². The SMILES string of the molecule is CC1CCCCN1S(=O)(=O)c1ccc(F)c(Cl)c1. The fourth-order valence-corrected chi connectivity index (χ4v) is 4.17. The summed E-state index contributed by atoms with van der Waals surface area (Å²) >= 11 is 5.64. The van der Waals surface area contributed by atoms with E-state index in [4.69, 9.17) is 11.6 Å². The first-order valence-electron chi connectivity index (χ1n) is 5.90. The summed E-state index contributed by atoms with van der Waals surface area (Å²) in [4.78, 5) is 0.0580. The normalized spacial score (nSPS) is 22.1. The van der Waals surface area contributed by atoms with Crippen LogP contribution in [0.4, 0.5) is 4.39 Å². The standard InChI is InChI=1S/C12H15ClFNO2S/c1-9-4-2-3-7-15(9)18(16,17)10-5-6-12(14)11(13)8-10/h5-6,8-9H,2-4,7H2,1H3. The maximum absolute atomic E-state index is 13.1. The highest BCUT2D eigenvalue weighted by atomic mass is 35.5. The zero-order chi connectivity index (χ0) is 13.3. The first-order chi connectivity index (χ1) is 8.43. The zero-order valence-electron chi connectivity index (χ0n) is 10.1. The molecule has 100 valence electrons. The predicted octanol–water partition coefficient (Wildman–Crippen LogP) is 3.04. The van der Waals surface area contributed by atoms with E-state index in [1.54, 1.807) is 0 Å². The molecule has 0 saturated carbocycles. The largest absolute Gasteiger partial charge is 0.243 e. The Bertz CT molecular complexity index is 547. The lowest BCUT2D eigenvalue weighted by atomic mass is 10.1. The van der Waals surface area contributed by atoms with Crippen LogP contribution in [0.15, 0.2) is 23.1 Å². The minimum absolute atomic E-state index is 0.0208. The van der Waals surface area contributed by atoms with E-state index in [1.807, 2.05) is 6.92 Å². The Labute approximate surface area is 112 Å². The lowest BCUT2D eigenvalue weighted by molar-refractivity contribution is 0.268. The van der Waals surface area contributed by atoms with Crippen LogP contribution in [0.25, 0.3) is 0 Å². The van der Waals surface area contributed by atoms with E-state index in [-0.39, 0.29) is 16.0 Å². The van der Waals surface area contributed by atoms with E-state index in [0.717, 1.165) is 25.3 Å². The van der Waals surface area contributed by atoms with Gasteiger partial charge in [-0.3, -0.25) is 0 Å². The number of halogens is 2. The first-order valence-corrected chi connectivity index (χ1v) is 7.71. The van der Waals surface area contributed by atoms with Gasteiger partial charge in [0.15, 0.2) is 0 Å². The summed E-state index contributed by atoms with van der Waals surface area (Å²) in [5, 5.41) is -0.166. The quantitative estimate of drug-likeness (QED) is 0.840. The molecule has 6 heteroatoms. The second kappa shape index (κ2) is 5.15.